The zero-order valence-corrected chi connectivity index (χ0v) is 17.6. The van der Waals surface area contributed by atoms with E-state index in [0.717, 1.165) is 11.4 Å². The Morgan fingerprint density at radius 3 is 2.38 bits per heavy atom. The minimum absolute atomic E-state index is 0.0924. The summed E-state index contributed by atoms with van der Waals surface area (Å²) >= 11 is 18.1. The molecule has 0 bridgehead atoms. The molecule has 150 valence electrons. The number of amides is 1. The second-order valence-corrected chi connectivity index (χ2v) is 7.28. The monoisotopic (exact) mass is 452 g/mol. The molecule has 3 rings (SSSR count). The van der Waals surface area contributed by atoms with Crippen molar-refractivity contribution in [3.8, 4) is 5.82 Å². The molecule has 0 aliphatic rings. The van der Waals surface area contributed by atoms with Crippen molar-refractivity contribution < 1.29 is 14.3 Å². The molecular formula is C19H15Cl3N4O3. The van der Waals surface area contributed by atoms with E-state index in [0.29, 0.717) is 5.82 Å². The zero-order chi connectivity index (χ0) is 21.1. The highest BCUT2D eigenvalue weighted by Crippen LogP contribution is 2.29. The van der Waals surface area contributed by atoms with Crippen LogP contribution in [0.2, 0.25) is 15.1 Å². The third kappa shape index (κ3) is 4.87. The van der Waals surface area contributed by atoms with E-state index in [1.54, 1.807) is 28.9 Å². The fraction of sp³-hybridized carbons (Fsp3) is 0.158. The maximum absolute atomic E-state index is 12.4. The number of rotatable bonds is 5. The van der Waals surface area contributed by atoms with Gasteiger partial charge < -0.3 is 10.1 Å². The lowest BCUT2D eigenvalue weighted by atomic mass is 10.3. The van der Waals surface area contributed by atoms with Crippen LogP contribution in [0.15, 0.2) is 36.4 Å². The average Bonchev–Trinajstić information content (AvgIpc) is 3.01. The van der Waals surface area contributed by atoms with Crippen molar-refractivity contribution in [1.29, 1.82) is 0 Å². The van der Waals surface area contributed by atoms with E-state index < -0.39 is 18.5 Å². The summed E-state index contributed by atoms with van der Waals surface area (Å²) in [6.45, 7) is 3.14. The summed E-state index contributed by atoms with van der Waals surface area (Å²) in [7, 11) is 0. The molecule has 1 N–H and O–H groups in total. The Morgan fingerprint density at radius 1 is 1.07 bits per heavy atom. The smallest absolute Gasteiger partial charge is 0.359 e. The third-order valence-electron chi connectivity index (χ3n) is 3.81. The lowest BCUT2D eigenvalue weighted by Crippen LogP contribution is -2.22. The Hall–Kier alpha value is -2.61. The van der Waals surface area contributed by atoms with Gasteiger partial charge in [-0.15, -0.1) is 0 Å². The van der Waals surface area contributed by atoms with Gasteiger partial charge in [-0.05, 0) is 44.2 Å². The molecule has 0 radical (unpaired) electrons. The number of pyridine rings is 1. The number of benzene rings is 1. The van der Waals surface area contributed by atoms with E-state index in [9.17, 15) is 9.59 Å². The number of carbonyl (C=O) groups excluding carboxylic acids is 2. The number of hydrogen-bond acceptors (Lipinski definition) is 5. The van der Waals surface area contributed by atoms with Crippen LogP contribution >= 0.6 is 34.8 Å². The van der Waals surface area contributed by atoms with Crippen molar-refractivity contribution in [2.45, 2.75) is 13.8 Å². The van der Waals surface area contributed by atoms with Gasteiger partial charge >= 0.3 is 5.97 Å². The Labute approximate surface area is 181 Å². The van der Waals surface area contributed by atoms with Crippen molar-refractivity contribution in [3.05, 3.63) is 68.5 Å². The number of esters is 1. The number of anilines is 1. The van der Waals surface area contributed by atoms with Gasteiger partial charge in [-0.2, -0.15) is 5.10 Å². The molecule has 0 aliphatic heterocycles. The van der Waals surface area contributed by atoms with Gasteiger partial charge in [0.25, 0.3) is 5.91 Å². The van der Waals surface area contributed by atoms with E-state index in [4.69, 9.17) is 39.5 Å². The van der Waals surface area contributed by atoms with Crippen LogP contribution < -0.4 is 5.32 Å². The van der Waals surface area contributed by atoms with Gasteiger partial charge in [0.1, 0.15) is 0 Å². The Morgan fingerprint density at radius 2 is 1.76 bits per heavy atom. The van der Waals surface area contributed by atoms with Crippen LogP contribution in [0.5, 0.6) is 0 Å². The van der Waals surface area contributed by atoms with Crippen LogP contribution in [0.25, 0.3) is 5.82 Å². The first-order chi connectivity index (χ1) is 13.8. The van der Waals surface area contributed by atoms with E-state index in [1.165, 1.54) is 6.07 Å². The van der Waals surface area contributed by atoms with Crippen LogP contribution in [-0.4, -0.2) is 33.2 Å². The van der Waals surface area contributed by atoms with Crippen LogP contribution in [-0.2, 0) is 9.53 Å². The Bertz CT molecular complexity index is 1080. The molecule has 0 fully saturated rings. The van der Waals surface area contributed by atoms with E-state index in [2.05, 4.69) is 15.4 Å². The fourth-order valence-corrected chi connectivity index (χ4v) is 3.22. The first-order valence-corrected chi connectivity index (χ1v) is 9.51. The molecule has 3 aromatic rings. The highest BCUT2D eigenvalue weighted by Gasteiger charge is 2.18. The van der Waals surface area contributed by atoms with Crippen LogP contribution in [0, 0.1) is 13.8 Å². The standard InChI is InChI=1S/C19H15Cl3N4O3/c1-10-8-11(2)26(25-10)15-7-6-14(22)18(23-15)19(28)29-9-16(27)24-17-12(20)4-3-5-13(17)21/h3-8H,9H2,1-2H3,(H,24,27). The summed E-state index contributed by atoms with van der Waals surface area (Å²) in [4.78, 5) is 28.7. The quantitative estimate of drug-likeness (QED) is 0.569. The van der Waals surface area contributed by atoms with Crippen molar-refractivity contribution in [1.82, 2.24) is 14.8 Å². The summed E-state index contributed by atoms with van der Waals surface area (Å²) < 4.78 is 6.61. The highest BCUT2D eigenvalue weighted by molar-refractivity contribution is 6.39. The van der Waals surface area contributed by atoms with Crippen molar-refractivity contribution in [2.75, 3.05) is 11.9 Å². The number of hydrogen-bond donors (Lipinski definition) is 1. The number of para-hydroxylation sites is 1. The SMILES string of the molecule is Cc1cc(C)n(-c2ccc(Cl)c(C(=O)OCC(=O)Nc3c(Cl)cccc3Cl)n2)n1. The van der Waals surface area contributed by atoms with Crippen LogP contribution in [0.3, 0.4) is 0 Å². The lowest BCUT2D eigenvalue weighted by Gasteiger charge is -2.10. The van der Waals surface area contributed by atoms with Gasteiger partial charge in [0.05, 0.1) is 26.4 Å². The molecule has 0 saturated heterocycles. The van der Waals surface area contributed by atoms with Gasteiger partial charge in [-0.3, -0.25) is 4.79 Å². The van der Waals surface area contributed by atoms with Gasteiger partial charge in [0.2, 0.25) is 0 Å². The maximum atomic E-state index is 12.4. The molecule has 1 amide bonds. The summed E-state index contributed by atoms with van der Waals surface area (Å²) in [6.07, 6.45) is 0. The van der Waals surface area contributed by atoms with Gasteiger partial charge in [0, 0.05) is 5.69 Å². The number of aromatic nitrogens is 3. The zero-order valence-electron chi connectivity index (χ0n) is 15.4. The van der Waals surface area contributed by atoms with Gasteiger partial charge in [0.15, 0.2) is 18.1 Å². The minimum Gasteiger partial charge on any atom is -0.451 e. The third-order valence-corrected chi connectivity index (χ3v) is 4.75. The first kappa shape index (κ1) is 21.1. The maximum Gasteiger partial charge on any atom is 0.359 e. The van der Waals surface area contributed by atoms with E-state index >= 15 is 0 Å². The predicted octanol–water partition coefficient (Wildman–Crippen LogP) is 4.64. The second kappa shape index (κ2) is 8.82. The molecule has 0 aliphatic carbocycles. The summed E-state index contributed by atoms with van der Waals surface area (Å²) in [5.41, 5.74) is 1.76. The lowest BCUT2D eigenvalue weighted by molar-refractivity contribution is -0.119. The largest absolute Gasteiger partial charge is 0.451 e. The van der Waals surface area contributed by atoms with Gasteiger partial charge in [-0.25, -0.2) is 14.5 Å². The summed E-state index contributed by atoms with van der Waals surface area (Å²) in [5, 5.41) is 7.44. The second-order valence-electron chi connectivity index (χ2n) is 6.06. The van der Waals surface area contributed by atoms with Crippen molar-refractivity contribution in [2.24, 2.45) is 0 Å². The van der Waals surface area contributed by atoms with Crippen LogP contribution in [0.1, 0.15) is 21.9 Å². The normalized spacial score (nSPS) is 10.7. The number of aryl methyl sites for hydroxylation is 2. The number of halogens is 3. The number of nitrogens with zero attached hydrogens (tertiary/aromatic N) is 3. The summed E-state index contributed by atoms with van der Waals surface area (Å²) in [5.74, 6) is -1.06. The van der Waals surface area contributed by atoms with Crippen molar-refractivity contribution >= 4 is 52.4 Å². The molecule has 2 heterocycles. The molecule has 10 heteroatoms. The minimum atomic E-state index is -0.848. The molecule has 0 atom stereocenters. The van der Waals surface area contributed by atoms with E-state index in [-0.39, 0.29) is 26.4 Å². The average molecular weight is 454 g/mol. The Balaban J connectivity index is 1.71. The topological polar surface area (TPSA) is 86.1 Å². The molecule has 29 heavy (non-hydrogen) atoms. The van der Waals surface area contributed by atoms with Crippen molar-refractivity contribution in [3.63, 3.8) is 0 Å². The molecule has 0 unspecified atom stereocenters. The Kier molecular flexibility index (Phi) is 6.42. The van der Waals surface area contributed by atoms with E-state index in [1.807, 2.05) is 19.9 Å². The molecule has 1 aromatic carbocycles. The molecule has 0 saturated carbocycles. The predicted molar refractivity (Wildman–Crippen MR) is 111 cm³/mol. The summed E-state index contributed by atoms with van der Waals surface area (Å²) in [6, 6.07) is 9.81. The number of ether oxygens (including phenoxy) is 1. The number of nitrogens with one attached hydrogen (secondary N) is 1. The molecule has 2 aromatic heterocycles. The first-order valence-electron chi connectivity index (χ1n) is 8.37. The molecular weight excluding hydrogens is 439 g/mol. The molecule has 7 nitrogen and oxygen atoms in total. The van der Waals surface area contributed by atoms with Gasteiger partial charge in [-0.1, -0.05) is 40.9 Å². The highest BCUT2D eigenvalue weighted by atomic mass is 35.5. The number of carbonyl (C=O) groups is 2. The fourth-order valence-electron chi connectivity index (χ4n) is 2.55. The molecule has 0 spiro atoms. The van der Waals surface area contributed by atoms with Crippen LogP contribution in [0.4, 0.5) is 5.69 Å².